The second kappa shape index (κ2) is 4.80. The van der Waals surface area contributed by atoms with Crippen LogP contribution in [0.5, 0.6) is 0 Å². The maximum Gasteiger partial charge on any atom is 0.0928 e. The molecule has 2 rings (SSSR count). The number of nitrogens with zero attached hydrogens (tertiary/aromatic N) is 2. The normalized spacial score (nSPS) is 14.9. The van der Waals surface area contributed by atoms with Crippen molar-refractivity contribution in [3.05, 3.63) is 38.8 Å². The fourth-order valence-corrected chi connectivity index (χ4v) is 2.84. The Morgan fingerprint density at radius 2 is 2.18 bits per heavy atom. The third-order valence-electron chi connectivity index (χ3n) is 2.88. The predicted octanol–water partition coefficient (Wildman–Crippen LogP) is 3.15. The molecule has 0 aliphatic carbocycles. The number of halogens is 1. The number of hydrogen-bond donors (Lipinski definition) is 1. The van der Waals surface area contributed by atoms with Crippen molar-refractivity contribution in [2.75, 3.05) is 0 Å². The summed E-state index contributed by atoms with van der Waals surface area (Å²) in [6.45, 7) is 5.88. The van der Waals surface area contributed by atoms with E-state index in [4.69, 9.17) is 17.3 Å². The number of aromatic nitrogens is 2. The Morgan fingerprint density at radius 3 is 2.59 bits per heavy atom. The maximum absolute atomic E-state index is 6.19. The smallest absolute Gasteiger partial charge is 0.0928 e. The van der Waals surface area contributed by atoms with E-state index in [2.05, 4.69) is 21.9 Å². The number of aryl methyl sites for hydroxylation is 1. The molecule has 2 atom stereocenters. The summed E-state index contributed by atoms with van der Waals surface area (Å²) in [4.78, 5) is 0. The molecule has 0 radical (unpaired) electrons. The molecule has 2 aromatic heterocycles. The predicted molar refractivity (Wildman–Crippen MR) is 72.8 cm³/mol. The Balaban J connectivity index is 2.51. The molecule has 17 heavy (non-hydrogen) atoms. The summed E-state index contributed by atoms with van der Waals surface area (Å²) in [5, 5.41) is 9.39. The van der Waals surface area contributed by atoms with Gasteiger partial charge in [0, 0.05) is 6.04 Å². The van der Waals surface area contributed by atoms with Crippen LogP contribution in [0.1, 0.15) is 29.9 Å². The Bertz CT molecular complexity index is 502. The SMILES string of the molecule is Cc1nn(C(c2ccsc2)C(C)N)c(C)c1Cl. The first kappa shape index (κ1) is 12.6. The fraction of sp³-hybridized carbons (Fsp3) is 0.417. The van der Waals surface area contributed by atoms with Gasteiger partial charge in [-0.3, -0.25) is 4.68 Å². The molecule has 0 aliphatic heterocycles. The van der Waals surface area contributed by atoms with Crippen LogP contribution in [0.3, 0.4) is 0 Å². The molecule has 2 aromatic rings. The van der Waals surface area contributed by atoms with E-state index in [0.717, 1.165) is 16.4 Å². The largest absolute Gasteiger partial charge is 0.326 e. The lowest BCUT2D eigenvalue weighted by atomic mass is 10.0. The van der Waals surface area contributed by atoms with Gasteiger partial charge in [-0.05, 0) is 43.2 Å². The van der Waals surface area contributed by atoms with Crippen LogP contribution in [0.25, 0.3) is 0 Å². The number of nitrogens with two attached hydrogens (primary N) is 1. The summed E-state index contributed by atoms with van der Waals surface area (Å²) in [5.74, 6) is 0. The summed E-state index contributed by atoms with van der Waals surface area (Å²) in [7, 11) is 0. The third-order valence-corrected chi connectivity index (χ3v) is 4.13. The van der Waals surface area contributed by atoms with Crippen LogP contribution in [0.4, 0.5) is 0 Å². The van der Waals surface area contributed by atoms with Gasteiger partial charge in [-0.2, -0.15) is 16.4 Å². The molecule has 0 saturated carbocycles. The summed E-state index contributed by atoms with van der Waals surface area (Å²) < 4.78 is 1.93. The third kappa shape index (κ3) is 2.25. The summed E-state index contributed by atoms with van der Waals surface area (Å²) >= 11 is 7.85. The highest BCUT2D eigenvalue weighted by atomic mass is 35.5. The average Bonchev–Trinajstić information content (AvgIpc) is 2.85. The summed E-state index contributed by atoms with van der Waals surface area (Å²) in [5.41, 5.74) is 9.10. The first-order chi connectivity index (χ1) is 8.02. The van der Waals surface area contributed by atoms with Gasteiger partial charge in [0.2, 0.25) is 0 Å². The van der Waals surface area contributed by atoms with Gasteiger partial charge in [-0.25, -0.2) is 0 Å². The maximum atomic E-state index is 6.19. The van der Waals surface area contributed by atoms with E-state index in [1.807, 2.05) is 25.5 Å². The van der Waals surface area contributed by atoms with Crippen LogP contribution in [0.15, 0.2) is 16.8 Å². The Labute approximate surface area is 110 Å². The molecule has 0 bridgehead atoms. The van der Waals surface area contributed by atoms with Crippen molar-refractivity contribution in [1.29, 1.82) is 0 Å². The van der Waals surface area contributed by atoms with Crippen LogP contribution >= 0.6 is 22.9 Å². The standard InChI is InChI=1S/C12H16ClN3S/c1-7(14)12(10-4-5-17-6-10)16-9(3)11(13)8(2)15-16/h4-7,12H,14H2,1-3H3. The molecule has 0 saturated heterocycles. The fourth-order valence-electron chi connectivity index (χ4n) is 2.02. The summed E-state index contributed by atoms with van der Waals surface area (Å²) in [6.07, 6.45) is 0. The zero-order chi connectivity index (χ0) is 12.6. The van der Waals surface area contributed by atoms with Gasteiger partial charge in [0.05, 0.1) is 22.5 Å². The molecule has 0 fully saturated rings. The number of hydrogen-bond acceptors (Lipinski definition) is 3. The van der Waals surface area contributed by atoms with Crippen LogP contribution in [-0.2, 0) is 0 Å². The minimum absolute atomic E-state index is 0.0151. The van der Waals surface area contributed by atoms with E-state index in [1.165, 1.54) is 5.56 Å². The van der Waals surface area contributed by atoms with E-state index in [1.54, 1.807) is 11.3 Å². The van der Waals surface area contributed by atoms with Gasteiger partial charge in [0.25, 0.3) is 0 Å². The monoisotopic (exact) mass is 269 g/mol. The molecule has 5 heteroatoms. The highest BCUT2D eigenvalue weighted by molar-refractivity contribution is 7.07. The molecule has 0 spiro atoms. The van der Waals surface area contributed by atoms with Gasteiger partial charge in [0.15, 0.2) is 0 Å². The van der Waals surface area contributed by atoms with Crippen LogP contribution < -0.4 is 5.73 Å². The van der Waals surface area contributed by atoms with Crippen LogP contribution in [0.2, 0.25) is 5.02 Å². The van der Waals surface area contributed by atoms with E-state index in [-0.39, 0.29) is 12.1 Å². The van der Waals surface area contributed by atoms with Gasteiger partial charge in [0.1, 0.15) is 0 Å². The van der Waals surface area contributed by atoms with Crippen molar-refractivity contribution in [2.24, 2.45) is 5.73 Å². The zero-order valence-electron chi connectivity index (χ0n) is 10.1. The molecule has 0 amide bonds. The zero-order valence-corrected chi connectivity index (χ0v) is 11.7. The Morgan fingerprint density at radius 1 is 1.47 bits per heavy atom. The number of thiophene rings is 1. The van der Waals surface area contributed by atoms with Crippen molar-refractivity contribution >= 4 is 22.9 Å². The lowest BCUT2D eigenvalue weighted by Gasteiger charge is -2.22. The van der Waals surface area contributed by atoms with E-state index in [0.29, 0.717) is 0 Å². The minimum atomic E-state index is -0.0151. The molecule has 92 valence electrons. The van der Waals surface area contributed by atoms with Gasteiger partial charge >= 0.3 is 0 Å². The topological polar surface area (TPSA) is 43.8 Å². The highest BCUT2D eigenvalue weighted by Crippen LogP contribution is 2.28. The Kier molecular flexibility index (Phi) is 3.56. The molecule has 2 heterocycles. The molecule has 3 nitrogen and oxygen atoms in total. The second-order valence-corrected chi connectivity index (χ2v) is 5.45. The molecule has 2 unspecified atom stereocenters. The Hall–Kier alpha value is -0.840. The molecule has 0 aromatic carbocycles. The molecular weight excluding hydrogens is 254 g/mol. The lowest BCUT2D eigenvalue weighted by Crippen LogP contribution is -2.31. The average molecular weight is 270 g/mol. The van der Waals surface area contributed by atoms with Gasteiger partial charge in [-0.15, -0.1) is 0 Å². The van der Waals surface area contributed by atoms with Crippen molar-refractivity contribution in [3.8, 4) is 0 Å². The van der Waals surface area contributed by atoms with Crippen LogP contribution in [0, 0.1) is 13.8 Å². The van der Waals surface area contributed by atoms with E-state index < -0.39 is 0 Å². The molecule has 2 N–H and O–H groups in total. The number of rotatable bonds is 3. The van der Waals surface area contributed by atoms with Crippen molar-refractivity contribution in [1.82, 2.24) is 9.78 Å². The quantitative estimate of drug-likeness (QED) is 0.930. The highest BCUT2D eigenvalue weighted by Gasteiger charge is 2.23. The second-order valence-electron chi connectivity index (χ2n) is 4.29. The van der Waals surface area contributed by atoms with Crippen LogP contribution in [-0.4, -0.2) is 15.8 Å². The first-order valence-corrected chi connectivity index (χ1v) is 6.83. The van der Waals surface area contributed by atoms with Crippen molar-refractivity contribution in [2.45, 2.75) is 32.9 Å². The van der Waals surface area contributed by atoms with E-state index in [9.17, 15) is 0 Å². The van der Waals surface area contributed by atoms with Crippen molar-refractivity contribution < 1.29 is 0 Å². The van der Waals surface area contributed by atoms with Crippen molar-refractivity contribution in [3.63, 3.8) is 0 Å². The first-order valence-electron chi connectivity index (χ1n) is 5.51. The molecule has 0 aliphatic rings. The molecular formula is C12H16ClN3S. The lowest BCUT2D eigenvalue weighted by molar-refractivity contribution is 0.444. The summed E-state index contributed by atoms with van der Waals surface area (Å²) in [6, 6.07) is 2.12. The van der Waals surface area contributed by atoms with Gasteiger partial charge in [-0.1, -0.05) is 11.6 Å². The van der Waals surface area contributed by atoms with Gasteiger partial charge < -0.3 is 5.73 Å². The minimum Gasteiger partial charge on any atom is -0.326 e. The van der Waals surface area contributed by atoms with E-state index >= 15 is 0 Å².